The van der Waals surface area contributed by atoms with Crippen molar-refractivity contribution in [3.8, 4) is 0 Å². The molecule has 0 N–H and O–H groups in total. The van der Waals surface area contributed by atoms with Crippen LogP contribution in [0.3, 0.4) is 0 Å². The Hall–Kier alpha value is -1.36. The van der Waals surface area contributed by atoms with E-state index in [4.69, 9.17) is 0 Å². The number of nitrogens with zero attached hydrogens (tertiary/aromatic N) is 1. The zero-order chi connectivity index (χ0) is 12.7. The van der Waals surface area contributed by atoms with Crippen molar-refractivity contribution < 1.29 is 9.72 Å². The lowest BCUT2D eigenvalue weighted by Crippen LogP contribution is -2.04. The largest absolute Gasteiger partial charge is 0.294 e. The van der Waals surface area contributed by atoms with Gasteiger partial charge >= 0.3 is 0 Å². The van der Waals surface area contributed by atoms with Crippen molar-refractivity contribution in [2.75, 3.05) is 11.5 Å². The van der Waals surface area contributed by atoms with Gasteiger partial charge in [0.25, 0.3) is 5.69 Å². The van der Waals surface area contributed by atoms with E-state index in [1.54, 1.807) is 23.9 Å². The van der Waals surface area contributed by atoms with Crippen molar-refractivity contribution in [1.29, 1.82) is 0 Å². The lowest BCUT2D eigenvalue weighted by Gasteiger charge is -2.02. The Bertz CT molecular complexity index is 406. The number of hydrogen-bond acceptors (Lipinski definition) is 4. The molecule has 0 saturated heterocycles. The summed E-state index contributed by atoms with van der Waals surface area (Å²) in [5.41, 5.74) is 0.125. The number of hydrogen-bond donors (Lipinski definition) is 0. The molecule has 0 aliphatic carbocycles. The highest BCUT2D eigenvalue weighted by Gasteiger charge is 2.18. The first kappa shape index (κ1) is 13.7. The van der Waals surface area contributed by atoms with E-state index in [0.29, 0.717) is 6.42 Å². The van der Waals surface area contributed by atoms with Crippen molar-refractivity contribution in [3.05, 3.63) is 39.9 Å². The minimum atomic E-state index is -0.506. The molecule has 0 aliphatic rings. The van der Waals surface area contributed by atoms with Crippen LogP contribution in [-0.4, -0.2) is 22.2 Å². The molecule has 0 spiro atoms. The molecule has 5 heteroatoms. The molecule has 0 unspecified atom stereocenters. The maximum absolute atomic E-state index is 11.8. The van der Waals surface area contributed by atoms with Crippen LogP contribution < -0.4 is 0 Å². The van der Waals surface area contributed by atoms with Crippen LogP contribution >= 0.6 is 11.8 Å². The molecule has 0 aliphatic heterocycles. The molecule has 0 bridgehead atoms. The van der Waals surface area contributed by atoms with E-state index in [0.717, 1.165) is 17.9 Å². The molecule has 0 aromatic heterocycles. The Kier molecular flexibility index (Phi) is 5.69. The summed E-state index contributed by atoms with van der Waals surface area (Å²) in [4.78, 5) is 22.1. The number of benzene rings is 1. The molecular formula is C12H15NO3S. The lowest BCUT2D eigenvalue weighted by atomic mass is 10.1. The van der Waals surface area contributed by atoms with Crippen molar-refractivity contribution in [2.24, 2.45) is 0 Å². The summed E-state index contributed by atoms with van der Waals surface area (Å²) in [6.07, 6.45) is 1.14. The minimum absolute atomic E-state index is 0.0966. The molecule has 92 valence electrons. The molecule has 0 saturated carbocycles. The highest BCUT2D eigenvalue weighted by atomic mass is 32.2. The summed E-state index contributed by atoms with van der Waals surface area (Å²) in [5.74, 6) is 1.80. The zero-order valence-corrected chi connectivity index (χ0v) is 10.5. The van der Waals surface area contributed by atoms with Gasteiger partial charge in [-0.3, -0.25) is 14.9 Å². The van der Waals surface area contributed by atoms with Gasteiger partial charge < -0.3 is 0 Å². The van der Waals surface area contributed by atoms with E-state index < -0.39 is 4.92 Å². The van der Waals surface area contributed by atoms with Gasteiger partial charge in [0.1, 0.15) is 0 Å². The quantitative estimate of drug-likeness (QED) is 0.324. The molecule has 1 rings (SSSR count). The zero-order valence-electron chi connectivity index (χ0n) is 9.72. The van der Waals surface area contributed by atoms with Crippen LogP contribution in [0.25, 0.3) is 0 Å². The van der Waals surface area contributed by atoms with Crippen molar-refractivity contribution in [1.82, 2.24) is 0 Å². The normalized spacial score (nSPS) is 10.2. The van der Waals surface area contributed by atoms with Gasteiger partial charge in [-0.25, -0.2) is 0 Å². The molecule has 0 fully saturated rings. The average Bonchev–Trinajstić information content (AvgIpc) is 2.34. The summed E-state index contributed by atoms with van der Waals surface area (Å²) in [6, 6.07) is 6.12. The lowest BCUT2D eigenvalue weighted by molar-refractivity contribution is -0.385. The summed E-state index contributed by atoms with van der Waals surface area (Å²) >= 11 is 1.77. The molecule has 0 atom stereocenters. The fraction of sp³-hybridized carbons (Fsp3) is 0.417. The monoisotopic (exact) mass is 253 g/mol. The smallest absolute Gasteiger partial charge is 0.280 e. The van der Waals surface area contributed by atoms with Crippen LogP contribution in [0.2, 0.25) is 0 Å². The van der Waals surface area contributed by atoms with E-state index in [1.807, 2.05) is 0 Å². The van der Waals surface area contributed by atoms with Gasteiger partial charge in [0, 0.05) is 12.5 Å². The van der Waals surface area contributed by atoms with Gasteiger partial charge in [-0.05, 0) is 24.0 Å². The number of Topliss-reactive ketones (excluding diaryl/α,β-unsaturated/α-hetero) is 1. The number of nitro groups is 1. The van der Waals surface area contributed by atoms with E-state index >= 15 is 0 Å². The molecule has 4 nitrogen and oxygen atoms in total. The first-order valence-corrected chi connectivity index (χ1v) is 6.66. The summed E-state index contributed by atoms with van der Waals surface area (Å²) in [7, 11) is 0. The second-order valence-corrected chi connectivity index (χ2v) is 4.89. The molecule has 1 aromatic rings. The third-order valence-electron chi connectivity index (χ3n) is 2.30. The fourth-order valence-electron chi connectivity index (χ4n) is 1.48. The molecule has 17 heavy (non-hydrogen) atoms. The Morgan fingerprint density at radius 1 is 1.41 bits per heavy atom. The van der Waals surface area contributed by atoms with Gasteiger partial charge in [0.2, 0.25) is 0 Å². The van der Waals surface area contributed by atoms with Crippen molar-refractivity contribution in [3.63, 3.8) is 0 Å². The van der Waals surface area contributed by atoms with Crippen molar-refractivity contribution in [2.45, 2.75) is 19.8 Å². The molecule has 0 radical (unpaired) electrons. The van der Waals surface area contributed by atoms with E-state index in [2.05, 4.69) is 6.92 Å². The summed E-state index contributed by atoms with van der Waals surface area (Å²) in [5, 5.41) is 10.8. The Morgan fingerprint density at radius 3 is 2.76 bits per heavy atom. The predicted octanol–water partition coefficient (Wildman–Crippen LogP) is 3.31. The number of nitro benzene ring substituents is 1. The average molecular weight is 253 g/mol. The number of para-hydroxylation sites is 1. The van der Waals surface area contributed by atoms with Crippen molar-refractivity contribution >= 4 is 23.2 Å². The highest BCUT2D eigenvalue weighted by Crippen LogP contribution is 2.20. The van der Waals surface area contributed by atoms with E-state index in [-0.39, 0.29) is 17.0 Å². The molecular weight excluding hydrogens is 238 g/mol. The second-order valence-electron chi connectivity index (χ2n) is 3.50. The summed E-state index contributed by atoms with van der Waals surface area (Å²) < 4.78 is 0. The molecule has 0 amide bonds. The Labute approximate surface area is 105 Å². The first-order valence-electron chi connectivity index (χ1n) is 5.51. The minimum Gasteiger partial charge on any atom is -0.294 e. The molecule has 0 heterocycles. The fourth-order valence-corrected chi connectivity index (χ4v) is 2.12. The molecule has 1 aromatic carbocycles. The van der Waals surface area contributed by atoms with Crippen LogP contribution in [0.4, 0.5) is 5.69 Å². The standard InChI is InChI=1S/C12H15NO3S/c1-2-17-9-5-8-12(14)10-6-3-4-7-11(10)13(15)16/h3-4,6-7H,2,5,8-9H2,1H3. The van der Waals surface area contributed by atoms with Crippen LogP contribution in [0, 0.1) is 10.1 Å². The SMILES string of the molecule is CCSCCCC(=O)c1ccccc1[N+](=O)[O-]. The topological polar surface area (TPSA) is 60.2 Å². The predicted molar refractivity (Wildman–Crippen MR) is 69.7 cm³/mol. The van der Waals surface area contributed by atoms with Gasteiger partial charge in [-0.1, -0.05) is 19.1 Å². The van der Waals surface area contributed by atoms with Gasteiger partial charge in [0.05, 0.1) is 10.5 Å². The summed E-state index contributed by atoms with van der Waals surface area (Å²) in [6.45, 7) is 2.06. The number of carbonyl (C=O) groups excluding carboxylic acids is 1. The van der Waals surface area contributed by atoms with Gasteiger partial charge in [-0.15, -0.1) is 0 Å². The highest BCUT2D eigenvalue weighted by molar-refractivity contribution is 7.99. The second kappa shape index (κ2) is 7.06. The Balaban J connectivity index is 2.65. The third kappa shape index (κ3) is 4.19. The van der Waals surface area contributed by atoms with Crippen LogP contribution in [0.5, 0.6) is 0 Å². The first-order chi connectivity index (χ1) is 8.16. The van der Waals surface area contributed by atoms with Crippen LogP contribution in [-0.2, 0) is 0 Å². The van der Waals surface area contributed by atoms with Crippen LogP contribution in [0.1, 0.15) is 30.1 Å². The Morgan fingerprint density at radius 2 is 2.12 bits per heavy atom. The number of thioether (sulfide) groups is 1. The van der Waals surface area contributed by atoms with E-state index in [9.17, 15) is 14.9 Å². The van der Waals surface area contributed by atoms with Gasteiger partial charge in [0.15, 0.2) is 5.78 Å². The number of rotatable bonds is 7. The number of ketones is 1. The number of carbonyl (C=O) groups is 1. The van der Waals surface area contributed by atoms with E-state index in [1.165, 1.54) is 12.1 Å². The third-order valence-corrected chi connectivity index (χ3v) is 3.28. The maximum Gasteiger partial charge on any atom is 0.280 e. The maximum atomic E-state index is 11.8. The van der Waals surface area contributed by atoms with Gasteiger partial charge in [-0.2, -0.15) is 11.8 Å². The van der Waals surface area contributed by atoms with Crippen LogP contribution in [0.15, 0.2) is 24.3 Å².